The normalized spacial score (nSPS) is 11.1. The van der Waals surface area contributed by atoms with Gasteiger partial charge in [0.25, 0.3) is 5.91 Å². The van der Waals surface area contributed by atoms with Gasteiger partial charge in [-0.25, -0.2) is 0 Å². The Kier molecular flexibility index (Phi) is 5.82. The SMILES string of the molecule is CN(C)c1cnnc(Nc2ccc(NC(=O)c3ccc(C(C)(C)C)cc3)cc2)c1. The molecule has 0 radical (unpaired) electrons. The molecule has 150 valence electrons. The van der Waals surface area contributed by atoms with Crippen LogP contribution in [0.2, 0.25) is 0 Å². The van der Waals surface area contributed by atoms with Crippen LogP contribution in [0, 0.1) is 0 Å². The quantitative estimate of drug-likeness (QED) is 0.654. The summed E-state index contributed by atoms with van der Waals surface area (Å²) in [5.41, 5.74) is 4.45. The van der Waals surface area contributed by atoms with Crippen LogP contribution >= 0.6 is 0 Å². The first-order valence-corrected chi connectivity index (χ1v) is 9.51. The lowest BCUT2D eigenvalue weighted by molar-refractivity contribution is 0.102. The van der Waals surface area contributed by atoms with E-state index in [0.717, 1.165) is 17.1 Å². The molecule has 0 saturated heterocycles. The van der Waals surface area contributed by atoms with Crippen LogP contribution < -0.4 is 15.5 Å². The van der Waals surface area contributed by atoms with E-state index in [1.807, 2.05) is 73.6 Å². The molecular formula is C23H27N5O. The van der Waals surface area contributed by atoms with E-state index in [2.05, 4.69) is 41.6 Å². The van der Waals surface area contributed by atoms with Crippen molar-refractivity contribution in [3.8, 4) is 0 Å². The standard InChI is InChI=1S/C23H27N5O/c1-23(2,3)17-8-6-16(7-9-17)22(29)26-19-12-10-18(11-13-19)25-21-14-20(28(4)5)15-24-27-21/h6-15H,1-5H3,(H,25,27)(H,26,29). The highest BCUT2D eigenvalue weighted by atomic mass is 16.1. The van der Waals surface area contributed by atoms with Gasteiger partial charge in [-0.3, -0.25) is 4.79 Å². The molecule has 6 nitrogen and oxygen atoms in total. The Hall–Kier alpha value is -3.41. The van der Waals surface area contributed by atoms with Gasteiger partial charge >= 0.3 is 0 Å². The van der Waals surface area contributed by atoms with Crippen molar-refractivity contribution in [1.82, 2.24) is 10.2 Å². The summed E-state index contributed by atoms with van der Waals surface area (Å²) in [5.74, 6) is 0.530. The van der Waals surface area contributed by atoms with Crippen LogP contribution in [0.15, 0.2) is 60.8 Å². The van der Waals surface area contributed by atoms with Gasteiger partial charge in [0.05, 0.1) is 11.9 Å². The fourth-order valence-corrected chi connectivity index (χ4v) is 2.77. The van der Waals surface area contributed by atoms with Crippen molar-refractivity contribution in [2.75, 3.05) is 29.6 Å². The maximum absolute atomic E-state index is 12.5. The molecule has 0 aliphatic heterocycles. The van der Waals surface area contributed by atoms with Gasteiger partial charge in [0, 0.05) is 37.1 Å². The highest BCUT2D eigenvalue weighted by Gasteiger charge is 2.14. The minimum atomic E-state index is -0.129. The van der Waals surface area contributed by atoms with E-state index in [0.29, 0.717) is 11.4 Å². The Balaban J connectivity index is 1.64. The van der Waals surface area contributed by atoms with Gasteiger partial charge in [0.1, 0.15) is 0 Å². The zero-order valence-corrected chi connectivity index (χ0v) is 17.5. The Morgan fingerprint density at radius 1 is 0.931 bits per heavy atom. The lowest BCUT2D eigenvalue weighted by atomic mass is 9.87. The minimum Gasteiger partial charge on any atom is -0.376 e. The molecule has 29 heavy (non-hydrogen) atoms. The van der Waals surface area contributed by atoms with Crippen molar-refractivity contribution in [1.29, 1.82) is 0 Å². The van der Waals surface area contributed by atoms with Crippen molar-refractivity contribution >= 4 is 28.8 Å². The molecule has 2 N–H and O–H groups in total. The van der Waals surface area contributed by atoms with Gasteiger partial charge < -0.3 is 15.5 Å². The molecule has 3 rings (SSSR count). The highest BCUT2D eigenvalue weighted by molar-refractivity contribution is 6.04. The summed E-state index contributed by atoms with van der Waals surface area (Å²) in [6, 6.07) is 17.1. The molecule has 0 aliphatic carbocycles. The van der Waals surface area contributed by atoms with Crippen molar-refractivity contribution in [3.63, 3.8) is 0 Å². The molecule has 0 spiro atoms. The van der Waals surface area contributed by atoms with Crippen LogP contribution in [0.1, 0.15) is 36.7 Å². The van der Waals surface area contributed by atoms with Crippen LogP contribution in [-0.4, -0.2) is 30.2 Å². The molecule has 3 aromatic rings. The summed E-state index contributed by atoms with van der Waals surface area (Å²) in [5, 5.41) is 14.2. The third-order valence-electron chi connectivity index (χ3n) is 4.58. The summed E-state index contributed by atoms with van der Waals surface area (Å²) in [7, 11) is 3.91. The van der Waals surface area contributed by atoms with Crippen molar-refractivity contribution < 1.29 is 4.79 Å². The van der Waals surface area contributed by atoms with Gasteiger partial charge in [0.2, 0.25) is 0 Å². The number of carbonyl (C=O) groups is 1. The Morgan fingerprint density at radius 3 is 2.14 bits per heavy atom. The molecule has 0 saturated carbocycles. The van der Waals surface area contributed by atoms with E-state index in [9.17, 15) is 4.79 Å². The largest absolute Gasteiger partial charge is 0.376 e. The highest BCUT2D eigenvalue weighted by Crippen LogP contribution is 2.23. The number of aromatic nitrogens is 2. The molecule has 0 aliphatic rings. The first-order valence-electron chi connectivity index (χ1n) is 9.51. The summed E-state index contributed by atoms with van der Waals surface area (Å²) in [4.78, 5) is 14.5. The minimum absolute atomic E-state index is 0.0638. The second-order valence-electron chi connectivity index (χ2n) is 8.18. The molecule has 0 bridgehead atoms. The second kappa shape index (κ2) is 8.31. The van der Waals surface area contributed by atoms with Crippen LogP contribution in [0.5, 0.6) is 0 Å². The molecule has 6 heteroatoms. The predicted octanol–water partition coefficient (Wildman–Crippen LogP) is 4.84. The maximum atomic E-state index is 12.5. The fourth-order valence-electron chi connectivity index (χ4n) is 2.77. The molecular weight excluding hydrogens is 362 g/mol. The van der Waals surface area contributed by atoms with Crippen LogP contribution in [0.3, 0.4) is 0 Å². The summed E-state index contributed by atoms with van der Waals surface area (Å²) < 4.78 is 0. The molecule has 0 atom stereocenters. The van der Waals surface area contributed by atoms with Gasteiger partial charge in [-0.1, -0.05) is 32.9 Å². The van der Waals surface area contributed by atoms with Crippen LogP contribution in [0.4, 0.5) is 22.9 Å². The predicted molar refractivity (Wildman–Crippen MR) is 119 cm³/mol. The van der Waals surface area contributed by atoms with E-state index < -0.39 is 0 Å². The lowest BCUT2D eigenvalue weighted by Crippen LogP contribution is -2.14. The molecule has 0 fully saturated rings. The molecule has 0 unspecified atom stereocenters. The topological polar surface area (TPSA) is 70.2 Å². The number of rotatable bonds is 5. The Labute approximate surface area is 172 Å². The van der Waals surface area contributed by atoms with Crippen LogP contribution in [0.25, 0.3) is 0 Å². The number of nitrogens with one attached hydrogen (secondary N) is 2. The van der Waals surface area contributed by atoms with Gasteiger partial charge in [-0.2, -0.15) is 5.10 Å². The zero-order valence-electron chi connectivity index (χ0n) is 17.5. The number of anilines is 4. The summed E-state index contributed by atoms with van der Waals surface area (Å²) in [6.45, 7) is 6.46. The van der Waals surface area contributed by atoms with Gasteiger partial charge in [-0.05, 0) is 47.4 Å². The number of benzene rings is 2. The van der Waals surface area contributed by atoms with Gasteiger partial charge in [-0.15, -0.1) is 5.10 Å². The van der Waals surface area contributed by atoms with E-state index in [-0.39, 0.29) is 11.3 Å². The van der Waals surface area contributed by atoms with Crippen molar-refractivity contribution in [2.24, 2.45) is 0 Å². The third-order valence-corrected chi connectivity index (χ3v) is 4.58. The first kappa shape index (κ1) is 20.3. The van der Waals surface area contributed by atoms with Crippen molar-refractivity contribution in [2.45, 2.75) is 26.2 Å². The number of carbonyl (C=O) groups excluding carboxylic acids is 1. The molecule has 1 heterocycles. The average Bonchev–Trinajstić information content (AvgIpc) is 2.69. The monoisotopic (exact) mass is 389 g/mol. The van der Waals surface area contributed by atoms with E-state index in [4.69, 9.17) is 0 Å². The number of hydrogen-bond acceptors (Lipinski definition) is 5. The van der Waals surface area contributed by atoms with E-state index in [1.54, 1.807) is 6.20 Å². The number of amides is 1. The Bertz CT molecular complexity index is 973. The maximum Gasteiger partial charge on any atom is 0.255 e. The zero-order chi connectivity index (χ0) is 21.0. The first-order chi connectivity index (χ1) is 13.7. The average molecular weight is 390 g/mol. The molecule has 2 aromatic carbocycles. The fraction of sp³-hybridized carbons (Fsp3) is 0.261. The summed E-state index contributed by atoms with van der Waals surface area (Å²) in [6.07, 6.45) is 1.71. The van der Waals surface area contributed by atoms with Crippen LogP contribution in [-0.2, 0) is 5.41 Å². The van der Waals surface area contributed by atoms with E-state index >= 15 is 0 Å². The summed E-state index contributed by atoms with van der Waals surface area (Å²) >= 11 is 0. The smallest absolute Gasteiger partial charge is 0.255 e. The van der Waals surface area contributed by atoms with Crippen molar-refractivity contribution in [3.05, 3.63) is 71.9 Å². The number of hydrogen-bond donors (Lipinski definition) is 2. The second-order valence-corrected chi connectivity index (χ2v) is 8.18. The lowest BCUT2D eigenvalue weighted by Gasteiger charge is -2.19. The molecule has 1 aromatic heterocycles. The third kappa shape index (κ3) is 5.31. The molecule has 1 amide bonds. The Morgan fingerprint density at radius 2 is 1.55 bits per heavy atom. The number of nitrogens with zero attached hydrogens (tertiary/aromatic N) is 3. The van der Waals surface area contributed by atoms with Gasteiger partial charge in [0.15, 0.2) is 5.82 Å². The van der Waals surface area contributed by atoms with E-state index in [1.165, 1.54) is 5.56 Å².